The number of nitrogens with one attached hydrogen (secondary N) is 3. The average Bonchev–Trinajstić information content (AvgIpc) is 3.08. The summed E-state index contributed by atoms with van der Waals surface area (Å²) >= 11 is 0. The summed E-state index contributed by atoms with van der Waals surface area (Å²) in [6, 6.07) is 2.10. The highest BCUT2D eigenvalue weighted by Gasteiger charge is 2.24. The Morgan fingerprint density at radius 1 is 1.35 bits per heavy atom. The Bertz CT molecular complexity index is 669. The number of anilines is 1. The molecule has 7 nitrogen and oxygen atoms in total. The molecule has 1 fully saturated rings. The lowest BCUT2D eigenvalue weighted by Crippen LogP contribution is -2.40. The number of piperidine rings is 1. The second-order valence-electron chi connectivity index (χ2n) is 6.41. The minimum absolute atomic E-state index is 0.0106. The first-order chi connectivity index (χ1) is 11.0. The van der Waals surface area contributed by atoms with Crippen molar-refractivity contribution in [3.63, 3.8) is 0 Å². The summed E-state index contributed by atoms with van der Waals surface area (Å²) in [7, 11) is 0. The van der Waals surface area contributed by atoms with Crippen molar-refractivity contribution in [2.75, 3.05) is 25.0 Å². The van der Waals surface area contributed by atoms with E-state index in [0.29, 0.717) is 12.5 Å². The second kappa shape index (κ2) is 6.54. The lowest BCUT2D eigenvalue weighted by atomic mass is 9.94. The summed E-state index contributed by atoms with van der Waals surface area (Å²) in [5, 5.41) is 17.3. The van der Waals surface area contributed by atoms with E-state index in [1.165, 1.54) is 0 Å². The van der Waals surface area contributed by atoms with Gasteiger partial charge < -0.3 is 5.32 Å². The second-order valence-corrected chi connectivity index (χ2v) is 6.41. The molecule has 2 aromatic rings. The van der Waals surface area contributed by atoms with E-state index in [-0.39, 0.29) is 5.91 Å². The normalized spacial score (nSPS) is 19.0. The number of carbonyl (C=O) groups is 1. The number of carbonyl (C=O) groups excluding carboxylic acids is 1. The molecule has 0 saturated carbocycles. The first kappa shape index (κ1) is 15.7. The van der Waals surface area contributed by atoms with E-state index in [9.17, 15) is 4.79 Å². The monoisotopic (exact) mass is 316 g/mol. The molecule has 1 aliphatic heterocycles. The molecule has 1 unspecified atom stereocenters. The molecule has 3 heterocycles. The molecule has 1 atom stereocenters. The summed E-state index contributed by atoms with van der Waals surface area (Å²) in [4.78, 5) is 14.5. The fourth-order valence-corrected chi connectivity index (χ4v) is 3.21. The molecule has 0 spiro atoms. The minimum atomic E-state index is 0.0106. The van der Waals surface area contributed by atoms with E-state index < -0.39 is 0 Å². The quantitative estimate of drug-likeness (QED) is 0.803. The van der Waals surface area contributed by atoms with Crippen molar-refractivity contribution in [1.29, 1.82) is 0 Å². The van der Waals surface area contributed by atoms with Gasteiger partial charge in [-0.05, 0) is 46.2 Å². The topological polar surface area (TPSA) is 89.7 Å². The Morgan fingerprint density at radius 2 is 2.17 bits per heavy atom. The van der Waals surface area contributed by atoms with Gasteiger partial charge in [0.05, 0.1) is 29.3 Å². The van der Waals surface area contributed by atoms with Gasteiger partial charge in [0.2, 0.25) is 5.91 Å². The van der Waals surface area contributed by atoms with Crippen molar-refractivity contribution >= 4 is 11.6 Å². The highest BCUT2D eigenvalue weighted by Crippen LogP contribution is 2.26. The summed E-state index contributed by atoms with van der Waals surface area (Å²) in [6.07, 6.45) is 2.22. The Kier molecular flexibility index (Phi) is 4.47. The molecule has 7 heteroatoms. The first-order valence-corrected chi connectivity index (χ1v) is 8.08. The summed E-state index contributed by atoms with van der Waals surface area (Å²) in [5.74, 6) is 0.412. The third kappa shape index (κ3) is 3.61. The van der Waals surface area contributed by atoms with Crippen molar-refractivity contribution in [3.05, 3.63) is 28.8 Å². The zero-order valence-electron chi connectivity index (χ0n) is 13.9. The van der Waals surface area contributed by atoms with Crippen LogP contribution in [0, 0.1) is 20.8 Å². The van der Waals surface area contributed by atoms with Crippen LogP contribution in [0.25, 0.3) is 0 Å². The maximum atomic E-state index is 12.3. The lowest BCUT2D eigenvalue weighted by molar-refractivity contribution is -0.117. The molecular weight excluding hydrogens is 292 g/mol. The number of rotatable bonds is 4. The maximum Gasteiger partial charge on any atom is 0.238 e. The molecule has 3 N–H and O–H groups in total. The summed E-state index contributed by atoms with van der Waals surface area (Å²) in [6.45, 7) is 8.05. The van der Waals surface area contributed by atoms with Crippen molar-refractivity contribution in [2.24, 2.45) is 0 Å². The molecular formula is C16H24N6O. The number of aromatic amines is 2. The fraction of sp³-hybridized carbons (Fsp3) is 0.562. The number of amides is 1. The molecule has 0 aromatic carbocycles. The smallest absolute Gasteiger partial charge is 0.238 e. The molecule has 0 radical (unpaired) electrons. The zero-order valence-corrected chi connectivity index (χ0v) is 13.9. The molecule has 3 rings (SSSR count). The van der Waals surface area contributed by atoms with Gasteiger partial charge in [-0.15, -0.1) is 0 Å². The third-order valence-electron chi connectivity index (χ3n) is 4.41. The number of likely N-dealkylation sites (tertiary alicyclic amines) is 1. The van der Waals surface area contributed by atoms with E-state index >= 15 is 0 Å². The number of H-pyrrole nitrogens is 2. The average molecular weight is 316 g/mol. The van der Waals surface area contributed by atoms with Crippen LogP contribution in [-0.2, 0) is 4.79 Å². The first-order valence-electron chi connectivity index (χ1n) is 8.08. The van der Waals surface area contributed by atoms with Crippen LogP contribution in [0.2, 0.25) is 0 Å². The SMILES string of the molecule is Cc1cc(C2CCCN(CC(=O)Nc3c(C)n[nH]c3C)C2)n[nH]1. The van der Waals surface area contributed by atoms with Crippen LogP contribution >= 0.6 is 0 Å². The minimum Gasteiger partial charge on any atom is -0.322 e. The fourth-order valence-electron chi connectivity index (χ4n) is 3.21. The Morgan fingerprint density at radius 3 is 2.83 bits per heavy atom. The van der Waals surface area contributed by atoms with Gasteiger partial charge in [0, 0.05) is 18.2 Å². The van der Waals surface area contributed by atoms with Gasteiger partial charge in [-0.1, -0.05) is 0 Å². The van der Waals surface area contributed by atoms with Crippen LogP contribution in [0.1, 0.15) is 41.5 Å². The Balaban J connectivity index is 1.58. The van der Waals surface area contributed by atoms with Crippen LogP contribution in [0.3, 0.4) is 0 Å². The number of nitrogens with zero attached hydrogens (tertiary/aromatic N) is 3. The van der Waals surface area contributed by atoms with Gasteiger partial charge in [0.15, 0.2) is 0 Å². The predicted octanol–water partition coefficient (Wildman–Crippen LogP) is 1.88. The molecule has 23 heavy (non-hydrogen) atoms. The van der Waals surface area contributed by atoms with Gasteiger partial charge in [-0.25, -0.2) is 0 Å². The standard InChI is InChI=1S/C16H24N6O/c1-10-7-14(21-18-10)13-5-4-6-22(8-13)9-15(23)17-16-11(2)19-20-12(16)3/h7,13H,4-6,8-9H2,1-3H3,(H,17,23)(H,18,21)(H,19,20). The Hall–Kier alpha value is -2.15. The number of hydrogen-bond acceptors (Lipinski definition) is 4. The number of aryl methyl sites for hydroxylation is 3. The summed E-state index contributed by atoms with van der Waals surface area (Å²) in [5.41, 5.74) is 4.69. The molecule has 0 bridgehead atoms. The van der Waals surface area contributed by atoms with Crippen LogP contribution in [-0.4, -0.2) is 50.8 Å². The molecule has 0 aliphatic carbocycles. The van der Waals surface area contributed by atoms with E-state index in [4.69, 9.17) is 0 Å². The van der Waals surface area contributed by atoms with Crippen LogP contribution < -0.4 is 5.32 Å². The highest BCUT2D eigenvalue weighted by molar-refractivity contribution is 5.93. The zero-order chi connectivity index (χ0) is 16.4. The molecule has 2 aromatic heterocycles. The predicted molar refractivity (Wildman–Crippen MR) is 88.4 cm³/mol. The maximum absolute atomic E-state index is 12.3. The Labute approximate surface area is 135 Å². The van der Waals surface area contributed by atoms with E-state index in [0.717, 1.165) is 54.4 Å². The lowest BCUT2D eigenvalue weighted by Gasteiger charge is -2.31. The third-order valence-corrected chi connectivity index (χ3v) is 4.41. The van der Waals surface area contributed by atoms with Crippen LogP contribution in [0.15, 0.2) is 6.07 Å². The van der Waals surface area contributed by atoms with Crippen molar-refractivity contribution < 1.29 is 4.79 Å². The van der Waals surface area contributed by atoms with Crippen LogP contribution in [0.5, 0.6) is 0 Å². The van der Waals surface area contributed by atoms with E-state index in [1.54, 1.807) is 0 Å². The van der Waals surface area contributed by atoms with Gasteiger partial charge in [0.25, 0.3) is 0 Å². The highest BCUT2D eigenvalue weighted by atomic mass is 16.2. The largest absolute Gasteiger partial charge is 0.322 e. The van der Waals surface area contributed by atoms with E-state index in [2.05, 4.69) is 36.7 Å². The van der Waals surface area contributed by atoms with Crippen molar-refractivity contribution in [3.8, 4) is 0 Å². The van der Waals surface area contributed by atoms with Gasteiger partial charge in [-0.2, -0.15) is 10.2 Å². The van der Waals surface area contributed by atoms with E-state index in [1.807, 2.05) is 20.8 Å². The number of hydrogen-bond donors (Lipinski definition) is 3. The van der Waals surface area contributed by atoms with Gasteiger partial charge in [-0.3, -0.25) is 19.9 Å². The molecule has 1 aliphatic rings. The molecule has 1 saturated heterocycles. The van der Waals surface area contributed by atoms with Crippen molar-refractivity contribution in [2.45, 2.75) is 39.5 Å². The molecule has 1 amide bonds. The molecule has 124 valence electrons. The van der Waals surface area contributed by atoms with Gasteiger partial charge >= 0.3 is 0 Å². The number of aromatic nitrogens is 4. The van der Waals surface area contributed by atoms with Crippen molar-refractivity contribution in [1.82, 2.24) is 25.3 Å². The van der Waals surface area contributed by atoms with Crippen LogP contribution in [0.4, 0.5) is 5.69 Å². The van der Waals surface area contributed by atoms with Gasteiger partial charge in [0.1, 0.15) is 0 Å². The summed E-state index contributed by atoms with van der Waals surface area (Å²) < 4.78 is 0.